The summed E-state index contributed by atoms with van der Waals surface area (Å²) in [6.07, 6.45) is 0. The minimum atomic E-state index is -0.429. The van der Waals surface area contributed by atoms with Crippen molar-refractivity contribution >= 4 is 87.2 Å². The fourth-order valence-corrected chi connectivity index (χ4v) is 20.3. The van der Waals surface area contributed by atoms with Crippen LogP contribution in [-0.4, -0.2) is 18.3 Å². The van der Waals surface area contributed by atoms with E-state index < -0.39 is 5.41 Å². The molecule has 0 saturated carbocycles. The fraction of sp³-hybridized carbons (Fsp3) is 0.0526. The Kier molecular flexibility index (Phi) is 15.7. The summed E-state index contributed by atoms with van der Waals surface area (Å²) in [5.41, 5.74) is 39.4. The molecule has 0 atom stereocenters. The molecule has 556 valence electrons. The molecule has 0 bridgehead atoms. The third kappa shape index (κ3) is 10.6. The van der Waals surface area contributed by atoms with Crippen molar-refractivity contribution in [3.8, 4) is 89.5 Å². The monoisotopic (exact) mass is 1500 g/mol. The zero-order valence-corrected chi connectivity index (χ0v) is 66.0. The number of benzene rings is 18. The van der Waals surface area contributed by atoms with Gasteiger partial charge >= 0.3 is 0 Å². The average molecular weight is 1510 g/mol. The van der Waals surface area contributed by atoms with Crippen LogP contribution in [0.15, 0.2) is 413 Å². The highest BCUT2D eigenvalue weighted by molar-refractivity contribution is 6.15. The van der Waals surface area contributed by atoms with E-state index in [4.69, 9.17) is 0 Å². The van der Waals surface area contributed by atoms with Gasteiger partial charge in [0.25, 0.3) is 0 Å². The van der Waals surface area contributed by atoms with E-state index >= 15 is 0 Å². The van der Waals surface area contributed by atoms with Crippen LogP contribution in [0.3, 0.4) is 0 Å². The Morgan fingerprint density at radius 3 is 0.856 bits per heavy atom. The van der Waals surface area contributed by atoms with Gasteiger partial charge in [-0.05, 0) is 235 Å². The highest BCUT2D eigenvalue weighted by Gasteiger charge is 2.46. The fourth-order valence-electron chi connectivity index (χ4n) is 20.3. The van der Waals surface area contributed by atoms with Gasteiger partial charge in [-0.15, -0.1) is 0 Å². The molecule has 0 saturated heterocycles. The maximum absolute atomic E-state index is 2.46. The Hall–Kier alpha value is -14.8. The van der Waals surface area contributed by atoms with E-state index in [1.54, 1.807) is 0 Å². The molecule has 0 fully saturated rings. The maximum Gasteiger partial charge on any atom is 0.0713 e. The van der Waals surface area contributed by atoms with E-state index in [0.717, 1.165) is 11.4 Å². The summed E-state index contributed by atoms with van der Waals surface area (Å²) in [4.78, 5) is 0. The molecule has 4 nitrogen and oxygen atoms in total. The number of nitrogens with zero attached hydrogens (tertiary/aromatic N) is 4. The van der Waals surface area contributed by atoms with E-state index in [1.165, 1.54) is 210 Å². The van der Waals surface area contributed by atoms with Gasteiger partial charge in [0.2, 0.25) is 0 Å². The molecule has 0 spiro atoms. The van der Waals surface area contributed by atoms with Crippen molar-refractivity contribution in [3.63, 3.8) is 0 Å². The van der Waals surface area contributed by atoms with Gasteiger partial charge in [-0.3, -0.25) is 0 Å². The van der Waals surface area contributed by atoms with Crippen molar-refractivity contribution in [2.24, 2.45) is 0 Å². The Balaban J connectivity index is 0.000000140. The predicted molar refractivity (Wildman–Crippen MR) is 496 cm³/mol. The van der Waals surface area contributed by atoms with E-state index in [2.05, 4.69) is 458 Å². The van der Waals surface area contributed by atoms with Gasteiger partial charge in [0, 0.05) is 71.3 Å². The van der Waals surface area contributed by atoms with Gasteiger partial charge in [-0.2, -0.15) is 0 Å². The zero-order valence-electron chi connectivity index (χ0n) is 66.0. The average Bonchev–Trinajstić information content (AvgIpc) is 1.55. The Bertz CT molecular complexity index is 7790. The van der Waals surface area contributed by atoms with E-state index in [-0.39, 0.29) is 5.41 Å². The van der Waals surface area contributed by atoms with E-state index in [0.29, 0.717) is 0 Å². The quantitative estimate of drug-likeness (QED) is 0.130. The van der Waals surface area contributed by atoms with Gasteiger partial charge in [0.05, 0.1) is 49.5 Å². The first-order valence-corrected chi connectivity index (χ1v) is 41.2. The van der Waals surface area contributed by atoms with Crippen molar-refractivity contribution < 1.29 is 0 Å². The van der Waals surface area contributed by atoms with Crippen LogP contribution in [0.2, 0.25) is 0 Å². The summed E-state index contributed by atoms with van der Waals surface area (Å²) in [5, 5.41) is 10.0. The molecule has 0 N–H and O–H groups in total. The first-order chi connectivity index (χ1) is 58.1. The highest BCUT2D eigenvalue weighted by Crippen LogP contribution is 2.57. The Labute approximate surface area is 685 Å². The molecule has 4 heterocycles. The van der Waals surface area contributed by atoms with Gasteiger partial charge in [0.1, 0.15) is 0 Å². The molecule has 0 amide bonds. The second kappa shape index (κ2) is 26.9. The van der Waals surface area contributed by atoms with Crippen molar-refractivity contribution in [3.05, 3.63) is 457 Å². The van der Waals surface area contributed by atoms with Crippen LogP contribution in [0.1, 0.15) is 58.4 Å². The van der Waals surface area contributed by atoms with Crippen LogP contribution in [0, 0.1) is 13.8 Å². The summed E-state index contributed by atoms with van der Waals surface area (Å²) < 4.78 is 9.74. The first-order valence-electron chi connectivity index (χ1n) is 41.2. The third-order valence-electron chi connectivity index (χ3n) is 25.9. The number of aromatic nitrogens is 4. The summed E-state index contributed by atoms with van der Waals surface area (Å²) in [6, 6.07) is 153. The molecule has 4 aromatic heterocycles. The molecule has 0 radical (unpaired) electrons. The first kappa shape index (κ1) is 68.7. The normalized spacial score (nSPS) is 13.1. The predicted octanol–water partition coefficient (Wildman–Crippen LogP) is 29.7. The van der Waals surface area contributed by atoms with Crippen molar-refractivity contribution in [2.75, 3.05) is 0 Å². The molecular weight excluding hydrogens is 1430 g/mol. The number of aryl methyl sites for hydroxylation is 2. The lowest BCUT2D eigenvalue weighted by Crippen LogP contribution is -2.28. The molecule has 24 rings (SSSR count). The van der Waals surface area contributed by atoms with Crippen LogP contribution in [0.4, 0.5) is 0 Å². The zero-order chi connectivity index (χ0) is 78.5. The third-order valence-corrected chi connectivity index (χ3v) is 25.9. The lowest BCUT2D eigenvalue weighted by molar-refractivity contribution is 0.660. The van der Waals surface area contributed by atoms with E-state index in [1.807, 2.05) is 0 Å². The number of hydrogen-bond acceptors (Lipinski definition) is 0. The molecule has 18 aromatic carbocycles. The van der Waals surface area contributed by atoms with Gasteiger partial charge < -0.3 is 18.3 Å². The van der Waals surface area contributed by atoms with Crippen LogP contribution in [0.25, 0.3) is 177 Å². The topological polar surface area (TPSA) is 19.7 Å². The van der Waals surface area contributed by atoms with Crippen molar-refractivity contribution in [2.45, 2.75) is 38.5 Å². The SMILES string of the molecule is Cc1ccc(-c2cccc(-n3c4ccccc4c4cc(-c5ccc6c(c5)c5ccccc5n6-c5ccc6c(c5)-c5ccccc5C6(C)C)ccc43)c2)cc1.Cc1ccc(-c2cccc(-n3c4ccccc4c4cc(-c5ccc6c(c5)c5ccccc5n6-c5ccc6c(c5)-c5ccccc5C6(c5ccccc5)c5ccccc5)ccc43)c2)cc1. The summed E-state index contributed by atoms with van der Waals surface area (Å²) in [6.45, 7) is 8.97. The molecule has 22 aromatic rings. The molecule has 0 unspecified atom stereocenters. The second-order valence-electron chi connectivity index (χ2n) is 32.8. The molecule has 0 aliphatic heterocycles. The van der Waals surface area contributed by atoms with Crippen LogP contribution >= 0.6 is 0 Å². The van der Waals surface area contributed by atoms with Gasteiger partial charge in [-0.25, -0.2) is 0 Å². The van der Waals surface area contributed by atoms with Crippen LogP contribution in [-0.2, 0) is 10.8 Å². The minimum Gasteiger partial charge on any atom is -0.309 e. The number of para-hydroxylation sites is 4. The summed E-state index contributed by atoms with van der Waals surface area (Å²) in [7, 11) is 0. The van der Waals surface area contributed by atoms with Crippen molar-refractivity contribution in [1.82, 2.24) is 18.3 Å². The lowest BCUT2D eigenvalue weighted by atomic mass is 9.68. The number of fused-ring (bicyclic) bond motifs is 18. The maximum atomic E-state index is 2.46. The smallest absolute Gasteiger partial charge is 0.0713 e. The lowest BCUT2D eigenvalue weighted by Gasteiger charge is -2.33. The van der Waals surface area contributed by atoms with E-state index in [9.17, 15) is 0 Å². The second-order valence-corrected chi connectivity index (χ2v) is 32.8. The van der Waals surface area contributed by atoms with Crippen molar-refractivity contribution in [1.29, 1.82) is 0 Å². The van der Waals surface area contributed by atoms with Crippen LogP contribution < -0.4 is 0 Å². The minimum absolute atomic E-state index is 0.0148. The molecule has 2 aliphatic carbocycles. The molecule has 118 heavy (non-hydrogen) atoms. The summed E-state index contributed by atoms with van der Waals surface area (Å²) in [5.74, 6) is 0. The molecule has 4 heteroatoms. The van der Waals surface area contributed by atoms with Gasteiger partial charge in [-0.1, -0.05) is 316 Å². The summed E-state index contributed by atoms with van der Waals surface area (Å²) >= 11 is 0. The Morgan fingerprint density at radius 2 is 0.458 bits per heavy atom. The Morgan fingerprint density at radius 1 is 0.178 bits per heavy atom. The number of hydrogen-bond donors (Lipinski definition) is 0. The standard InChI is InChI=1S/C62H42N2.C52H38N2/c1-41-27-29-42(30-28-41)43-15-14-20-48(37-43)63-58-25-12-9-22-51(58)54-38-44(31-35-60(54)63)45-32-36-61-55(39-45)52-23-10-13-26-59(52)64(61)49-33-34-57-53(40-49)50-21-8-11-24-56(50)62(57,46-16-4-2-5-17-46)47-18-6-3-7-19-47;1-33-19-21-34(22-20-33)35-11-10-12-38(29-35)53-48-17-8-5-14-41(48)44-30-36(23-27-50(44)53)37-24-28-51-45(31-37)42-15-6-9-18-49(42)54(51)39-25-26-47-43(32-39)40-13-4-7-16-46(40)52(47,2)3/h2-40H,1H3;4-32H,1-3H3. The molecule has 2 aliphatic rings. The van der Waals surface area contributed by atoms with Crippen LogP contribution in [0.5, 0.6) is 0 Å². The largest absolute Gasteiger partial charge is 0.309 e. The number of rotatable bonds is 10. The highest BCUT2D eigenvalue weighted by atomic mass is 15.0. The van der Waals surface area contributed by atoms with Gasteiger partial charge in [0.15, 0.2) is 0 Å². The molecular formula is C114H80N4.